The zero-order valence-corrected chi connectivity index (χ0v) is 12.1. The molecule has 0 spiro atoms. The fourth-order valence-corrected chi connectivity index (χ4v) is 1.84. The second-order valence-corrected chi connectivity index (χ2v) is 4.51. The molecule has 6 heteroatoms. The molecular formula is C15H18N4O2. The van der Waals surface area contributed by atoms with Crippen LogP contribution in [0.15, 0.2) is 36.4 Å². The van der Waals surface area contributed by atoms with Gasteiger partial charge >= 0.3 is 0 Å². The summed E-state index contributed by atoms with van der Waals surface area (Å²) in [5.41, 5.74) is 1.18. The van der Waals surface area contributed by atoms with Crippen molar-refractivity contribution < 1.29 is 9.53 Å². The molecule has 0 aliphatic carbocycles. The van der Waals surface area contributed by atoms with Crippen LogP contribution in [0.2, 0.25) is 0 Å². The van der Waals surface area contributed by atoms with Crippen LogP contribution < -0.4 is 15.4 Å². The smallest absolute Gasteiger partial charge is 0.222 e. The van der Waals surface area contributed by atoms with Gasteiger partial charge in [0.2, 0.25) is 5.91 Å². The summed E-state index contributed by atoms with van der Waals surface area (Å²) in [5, 5.41) is 13.7. The molecule has 1 heterocycles. The summed E-state index contributed by atoms with van der Waals surface area (Å²) in [7, 11) is 1.66. The number of benzene rings is 1. The van der Waals surface area contributed by atoms with Crippen LogP contribution >= 0.6 is 0 Å². The van der Waals surface area contributed by atoms with E-state index in [1.807, 2.05) is 18.2 Å². The van der Waals surface area contributed by atoms with E-state index in [4.69, 9.17) is 4.74 Å². The number of nitrogens with one attached hydrogen (secondary N) is 2. The number of aromatic nitrogens is 2. The highest BCUT2D eigenvalue weighted by molar-refractivity contribution is 5.87. The van der Waals surface area contributed by atoms with Gasteiger partial charge < -0.3 is 15.4 Å². The van der Waals surface area contributed by atoms with Crippen molar-refractivity contribution in [1.29, 1.82) is 0 Å². The van der Waals surface area contributed by atoms with Crippen LogP contribution in [-0.2, 0) is 11.2 Å². The largest absolute Gasteiger partial charge is 0.497 e. The molecule has 6 nitrogen and oxygen atoms in total. The number of anilines is 2. The van der Waals surface area contributed by atoms with Crippen LogP contribution in [0.5, 0.6) is 5.75 Å². The molecule has 21 heavy (non-hydrogen) atoms. The fourth-order valence-electron chi connectivity index (χ4n) is 1.84. The van der Waals surface area contributed by atoms with Gasteiger partial charge in [-0.2, -0.15) is 0 Å². The summed E-state index contributed by atoms with van der Waals surface area (Å²) < 4.78 is 5.19. The minimum Gasteiger partial charge on any atom is -0.497 e. The van der Waals surface area contributed by atoms with Gasteiger partial charge in [-0.3, -0.25) is 4.79 Å². The standard InChI is InChI=1S/C15H18N4O2/c1-11(20)17-15-7-6-14(18-19-15)16-9-8-12-4-3-5-13(10-12)21-2/h3-7,10H,8-9H2,1-2H3,(H,16,18)(H,17,19,20). The van der Waals surface area contributed by atoms with Crippen LogP contribution in [0, 0.1) is 0 Å². The molecule has 0 aliphatic heterocycles. The van der Waals surface area contributed by atoms with Crippen LogP contribution in [0.1, 0.15) is 12.5 Å². The summed E-state index contributed by atoms with van der Waals surface area (Å²) in [4.78, 5) is 10.9. The van der Waals surface area contributed by atoms with Crippen molar-refractivity contribution >= 4 is 17.5 Å². The Hall–Kier alpha value is -2.63. The number of methoxy groups -OCH3 is 1. The lowest BCUT2D eigenvalue weighted by Crippen LogP contribution is -2.10. The maximum atomic E-state index is 10.9. The Balaban J connectivity index is 1.84. The Morgan fingerprint density at radius 1 is 1.19 bits per heavy atom. The minimum absolute atomic E-state index is 0.164. The normalized spacial score (nSPS) is 10.0. The van der Waals surface area contributed by atoms with E-state index >= 15 is 0 Å². The average molecular weight is 286 g/mol. The second-order valence-electron chi connectivity index (χ2n) is 4.51. The van der Waals surface area contributed by atoms with Crippen LogP contribution in [-0.4, -0.2) is 29.8 Å². The predicted molar refractivity (Wildman–Crippen MR) is 81.5 cm³/mol. The third-order valence-electron chi connectivity index (χ3n) is 2.82. The zero-order chi connectivity index (χ0) is 15.1. The SMILES string of the molecule is COc1cccc(CCNc2ccc(NC(C)=O)nn2)c1. The third kappa shape index (κ3) is 4.76. The van der Waals surface area contributed by atoms with Gasteiger partial charge in [0.1, 0.15) is 11.6 Å². The summed E-state index contributed by atoms with van der Waals surface area (Å²) in [5.74, 6) is 1.81. The van der Waals surface area contributed by atoms with Gasteiger partial charge in [-0.25, -0.2) is 0 Å². The third-order valence-corrected chi connectivity index (χ3v) is 2.82. The lowest BCUT2D eigenvalue weighted by Gasteiger charge is -2.07. The van der Waals surface area contributed by atoms with E-state index in [1.165, 1.54) is 12.5 Å². The molecule has 2 rings (SSSR count). The number of nitrogens with zero attached hydrogens (tertiary/aromatic N) is 2. The molecule has 0 bridgehead atoms. The van der Waals surface area contributed by atoms with E-state index < -0.39 is 0 Å². The lowest BCUT2D eigenvalue weighted by atomic mass is 10.1. The molecule has 0 aliphatic rings. The summed E-state index contributed by atoms with van der Waals surface area (Å²) >= 11 is 0. The molecule has 0 saturated carbocycles. The first kappa shape index (κ1) is 14.8. The first-order chi connectivity index (χ1) is 10.2. The first-order valence-corrected chi connectivity index (χ1v) is 6.65. The molecule has 0 fully saturated rings. The Labute approximate surface area is 123 Å². The number of amides is 1. The number of carbonyl (C=O) groups is 1. The van der Waals surface area contributed by atoms with Crippen molar-refractivity contribution in [3.63, 3.8) is 0 Å². The maximum absolute atomic E-state index is 10.9. The molecule has 1 amide bonds. The highest BCUT2D eigenvalue weighted by Crippen LogP contribution is 2.13. The van der Waals surface area contributed by atoms with E-state index in [0.29, 0.717) is 11.6 Å². The average Bonchev–Trinajstić information content (AvgIpc) is 2.49. The van der Waals surface area contributed by atoms with Crippen molar-refractivity contribution in [2.45, 2.75) is 13.3 Å². The van der Waals surface area contributed by atoms with Crippen LogP contribution in [0.3, 0.4) is 0 Å². The topological polar surface area (TPSA) is 76.1 Å². The van der Waals surface area contributed by atoms with Crippen molar-refractivity contribution in [2.24, 2.45) is 0 Å². The molecule has 110 valence electrons. The summed E-state index contributed by atoms with van der Waals surface area (Å²) in [6.07, 6.45) is 0.853. The number of rotatable bonds is 6. The number of hydrogen-bond donors (Lipinski definition) is 2. The number of ether oxygens (including phenoxy) is 1. The summed E-state index contributed by atoms with van der Waals surface area (Å²) in [6.45, 7) is 2.17. The van der Waals surface area contributed by atoms with E-state index in [0.717, 1.165) is 18.7 Å². The van der Waals surface area contributed by atoms with Gasteiger partial charge in [-0.15, -0.1) is 10.2 Å². The minimum atomic E-state index is -0.164. The van der Waals surface area contributed by atoms with Crippen molar-refractivity contribution in [3.8, 4) is 5.75 Å². The number of carbonyl (C=O) groups excluding carboxylic acids is 1. The van der Waals surface area contributed by atoms with E-state index in [9.17, 15) is 4.79 Å². The lowest BCUT2D eigenvalue weighted by molar-refractivity contribution is -0.114. The van der Waals surface area contributed by atoms with Crippen LogP contribution in [0.4, 0.5) is 11.6 Å². The van der Waals surface area contributed by atoms with Gasteiger partial charge in [0.15, 0.2) is 5.82 Å². The van der Waals surface area contributed by atoms with Gasteiger partial charge in [0.05, 0.1) is 7.11 Å². The molecule has 0 atom stereocenters. The van der Waals surface area contributed by atoms with Crippen molar-refractivity contribution in [2.75, 3.05) is 24.3 Å². The second kappa shape index (κ2) is 7.23. The molecule has 1 aromatic carbocycles. The Kier molecular flexibility index (Phi) is 5.09. The number of hydrogen-bond acceptors (Lipinski definition) is 5. The molecular weight excluding hydrogens is 268 g/mol. The molecule has 2 aromatic rings. The highest BCUT2D eigenvalue weighted by atomic mass is 16.5. The van der Waals surface area contributed by atoms with Gasteiger partial charge in [-0.05, 0) is 36.2 Å². The van der Waals surface area contributed by atoms with E-state index in [1.54, 1.807) is 19.2 Å². The fraction of sp³-hybridized carbons (Fsp3) is 0.267. The van der Waals surface area contributed by atoms with Crippen molar-refractivity contribution in [3.05, 3.63) is 42.0 Å². The molecule has 0 saturated heterocycles. The Bertz CT molecular complexity index is 599. The Morgan fingerprint density at radius 3 is 2.62 bits per heavy atom. The molecule has 2 N–H and O–H groups in total. The monoisotopic (exact) mass is 286 g/mol. The zero-order valence-electron chi connectivity index (χ0n) is 12.1. The molecule has 0 radical (unpaired) electrons. The van der Waals surface area contributed by atoms with Crippen molar-refractivity contribution in [1.82, 2.24) is 10.2 Å². The maximum Gasteiger partial charge on any atom is 0.222 e. The quantitative estimate of drug-likeness (QED) is 0.850. The molecule has 1 aromatic heterocycles. The van der Waals surface area contributed by atoms with Crippen LogP contribution in [0.25, 0.3) is 0 Å². The first-order valence-electron chi connectivity index (χ1n) is 6.65. The van der Waals surface area contributed by atoms with Gasteiger partial charge in [0.25, 0.3) is 0 Å². The van der Waals surface area contributed by atoms with Gasteiger partial charge in [0, 0.05) is 13.5 Å². The summed E-state index contributed by atoms with van der Waals surface area (Å²) in [6, 6.07) is 11.4. The van der Waals surface area contributed by atoms with E-state index in [2.05, 4.69) is 26.9 Å². The van der Waals surface area contributed by atoms with Gasteiger partial charge in [-0.1, -0.05) is 12.1 Å². The predicted octanol–water partition coefficient (Wildman–Crippen LogP) is 2.10. The Morgan fingerprint density at radius 2 is 1.95 bits per heavy atom. The highest BCUT2D eigenvalue weighted by Gasteiger charge is 2.00. The molecule has 0 unspecified atom stereocenters. The van der Waals surface area contributed by atoms with E-state index in [-0.39, 0.29) is 5.91 Å².